The van der Waals surface area contributed by atoms with E-state index in [1.807, 2.05) is 43.3 Å². The summed E-state index contributed by atoms with van der Waals surface area (Å²) in [6, 6.07) is 10.8. The molecule has 6 nitrogen and oxygen atoms in total. The van der Waals surface area contributed by atoms with Crippen molar-refractivity contribution in [1.29, 1.82) is 0 Å². The van der Waals surface area contributed by atoms with Crippen molar-refractivity contribution in [1.82, 2.24) is 15.1 Å². The Bertz CT molecular complexity index is 815. The lowest BCUT2D eigenvalue weighted by Crippen LogP contribution is -2.38. The number of amides is 1. The number of carbonyl (C=O) groups excluding carboxylic acids is 1. The van der Waals surface area contributed by atoms with Gasteiger partial charge < -0.3 is 4.90 Å². The summed E-state index contributed by atoms with van der Waals surface area (Å²) < 4.78 is 24.5. The number of carbonyl (C=O) groups is 1. The molecule has 1 aliphatic rings. The predicted molar refractivity (Wildman–Crippen MR) is 91.2 cm³/mol. The summed E-state index contributed by atoms with van der Waals surface area (Å²) in [5.41, 5.74) is 2.43. The maximum absolute atomic E-state index is 12.8. The van der Waals surface area contributed by atoms with E-state index in [1.165, 1.54) is 0 Å². The first-order valence-electron chi connectivity index (χ1n) is 8.00. The van der Waals surface area contributed by atoms with Crippen LogP contribution in [0.1, 0.15) is 29.4 Å². The summed E-state index contributed by atoms with van der Waals surface area (Å²) in [5, 5.41) is 6.94. The number of nitrogens with one attached hydrogen (secondary N) is 1. The van der Waals surface area contributed by atoms with Crippen molar-refractivity contribution in [2.45, 2.75) is 25.8 Å². The van der Waals surface area contributed by atoms with Crippen LogP contribution in [0.5, 0.6) is 0 Å². The number of sulfone groups is 1. The van der Waals surface area contributed by atoms with Crippen molar-refractivity contribution in [2.75, 3.05) is 18.1 Å². The van der Waals surface area contributed by atoms with Crippen LogP contribution in [0.15, 0.2) is 36.4 Å². The Morgan fingerprint density at radius 2 is 2.08 bits per heavy atom. The van der Waals surface area contributed by atoms with Crippen molar-refractivity contribution < 1.29 is 13.2 Å². The molecule has 7 heteroatoms. The summed E-state index contributed by atoms with van der Waals surface area (Å²) in [4.78, 5) is 14.5. The van der Waals surface area contributed by atoms with Gasteiger partial charge in [-0.2, -0.15) is 5.10 Å². The van der Waals surface area contributed by atoms with Gasteiger partial charge in [0.1, 0.15) is 0 Å². The zero-order valence-corrected chi connectivity index (χ0v) is 14.4. The third-order valence-electron chi connectivity index (χ3n) is 4.24. The summed E-state index contributed by atoms with van der Waals surface area (Å²) in [7, 11) is -3.17. The molecular weight excluding hydrogens is 326 g/mol. The molecule has 0 radical (unpaired) electrons. The Balaban J connectivity index is 1.88. The molecule has 1 aliphatic heterocycles. The number of aromatic amines is 1. The van der Waals surface area contributed by atoms with Crippen molar-refractivity contribution in [3.05, 3.63) is 53.3 Å². The standard InChI is InChI=1S/C17H21N3O3S/c1-13-10-15(19-18-13)11-17(21)20-8-5-9-24(22,23)12-16(20)14-6-3-2-4-7-14/h2-4,6-7,10,16H,5,8-9,11-12H2,1H3,(H,18,19). The summed E-state index contributed by atoms with van der Waals surface area (Å²) in [6.07, 6.45) is 0.644. The van der Waals surface area contributed by atoms with Gasteiger partial charge in [0.05, 0.1) is 29.7 Å². The highest BCUT2D eigenvalue weighted by Crippen LogP contribution is 2.27. The fraction of sp³-hybridized carbons (Fsp3) is 0.412. The van der Waals surface area contributed by atoms with Gasteiger partial charge in [-0.15, -0.1) is 0 Å². The van der Waals surface area contributed by atoms with Crippen LogP contribution in [-0.2, 0) is 21.1 Å². The Labute approximate surface area is 141 Å². The third kappa shape index (κ3) is 3.84. The Kier molecular flexibility index (Phi) is 4.71. The number of hydrogen-bond donors (Lipinski definition) is 1. The second-order valence-corrected chi connectivity index (χ2v) is 8.43. The lowest BCUT2D eigenvalue weighted by molar-refractivity contribution is -0.132. The van der Waals surface area contributed by atoms with Crippen molar-refractivity contribution in [3.8, 4) is 0 Å². The fourth-order valence-corrected chi connectivity index (χ4v) is 4.68. The predicted octanol–water partition coefficient (Wildman–Crippen LogP) is 1.65. The van der Waals surface area contributed by atoms with E-state index in [0.29, 0.717) is 18.7 Å². The molecule has 0 saturated carbocycles. The lowest BCUT2D eigenvalue weighted by Gasteiger charge is -2.29. The first-order valence-corrected chi connectivity index (χ1v) is 9.82. The Hall–Kier alpha value is -2.15. The SMILES string of the molecule is Cc1cc(CC(=O)N2CCCS(=O)(=O)CC2c2ccccc2)n[nH]1. The molecule has 24 heavy (non-hydrogen) atoms. The lowest BCUT2D eigenvalue weighted by atomic mass is 10.1. The van der Waals surface area contributed by atoms with Gasteiger partial charge in [0.15, 0.2) is 9.84 Å². The fourth-order valence-electron chi connectivity index (χ4n) is 3.10. The molecule has 1 aromatic heterocycles. The molecule has 0 aliphatic carbocycles. The van der Waals surface area contributed by atoms with E-state index in [0.717, 1.165) is 11.3 Å². The highest BCUT2D eigenvalue weighted by molar-refractivity contribution is 7.91. The molecule has 2 heterocycles. The number of hydrogen-bond acceptors (Lipinski definition) is 4. The smallest absolute Gasteiger partial charge is 0.229 e. The minimum atomic E-state index is -3.17. The second-order valence-electron chi connectivity index (χ2n) is 6.20. The van der Waals surface area contributed by atoms with Crippen LogP contribution < -0.4 is 0 Å². The molecule has 0 spiro atoms. The topological polar surface area (TPSA) is 83.1 Å². The van der Waals surface area contributed by atoms with Crippen LogP contribution in [0, 0.1) is 6.92 Å². The van der Waals surface area contributed by atoms with Gasteiger partial charge in [-0.25, -0.2) is 8.42 Å². The maximum atomic E-state index is 12.8. The van der Waals surface area contributed by atoms with Crippen LogP contribution in [0.4, 0.5) is 0 Å². The number of rotatable bonds is 3. The molecule has 1 fully saturated rings. The third-order valence-corrected chi connectivity index (χ3v) is 5.97. The zero-order valence-electron chi connectivity index (χ0n) is 13.6. The first kappa shape index (κ1) is 16.7. The van der Waals surface area contributed by atoms with Crippen molar-refractivity contribution >= 4 is 15.7 Å². The van der Waals surface area contributed by atoms with E-state index >= 15 is 0 Å². The quantitative estimate of drug-likeness (QED) is 0.915. The number of H-pyrrole nitrogens is 1. The van der Waals surface area contributed by atoms with Gasteiger partial charge in [0.2, 0.25) is 5.91 Å². The number of aryl methyl sites for hydroxylation is 1. The van der Waals surface area contributed by atoms with E-state index in [-0.39, 0.29) is 23.8 Å². The first-order chi connectivity index (χ1) is 11.4. The molecule has 2 aromatic rings. The Morgan fingerprint density at radius 3 is 2.75 bits per heavy atom. The monoisotopic (exact) mass is 347 g/mol. The normalized spacial score (nSPS) is 20.5. The van der Waals surface area contributed by atoms with E-state index < -0.39 is 15.9 Å². The highest BCUT2D eigenvalue weighted by atomic mass is 32.2. The van der Waals surface area contributed by atoms with Gasteiger partial charge in [-0.05, 0) is 25.0 Å². The molecule has 1 amide bonds. The summed E-state index contributed by atoms with van der Waals surface area (Å²) in [6.45, 7) is 2.33. The van der Waals surface area contributed by atoms with E-state index in [4.69, 9.17) is 0 Å². The van der Waals surface area contributed by atoms with E-state index in [1.54, 1.807) is 4.90 Å². The number of aromatic nitrogens is 2. The number of benzene rings is 1. The van der Waals surface area contributed by atoms with Gasteiger partial charge in [0.25, 0.3) is 0 Å². The summed E-state index contributed by atoms with van der Waals surface area (Å²) >= 11 is 0. The van der Waals surface area contributed by atoms with Crippen LogP contribution in [0.2, 0.25) is 0 Å². The molecule has 1 unspecified atom stereocenters. The zero-order chi connectivity index (χ0) is 17.2. The van der Waals surface area contributed by atoms with Crippen LogP contribution in [0.25, 0.3) is 0 Å². The largest absolute Gasteiger partial charge is 0.334 e. The van der Waals surface area contributed by atoms with Crippen LogP contribution in [0.3, 0.4) is 0 Å². The molecule has 1 N–H and O–H groups in total. The van der Waals surface area contributed by atoms with Gasteiger partial charge in [0, 0.05) is 12.2 Å². The minimum absolute atomic E-state index is 0.0254. The molecule has 3 rings (SSSR count). The summed E-state index contributed by atoms with van der Waals surface area (Å²) in [5.74, 6) is 0.0108. The molecule has 0 bridgehead atoms. The van der Waals surface area contributed by atoms with Crippen molar-refractivity contribution in [2.24, 2.45) is 0 Å². The minimum Gasteiger partial charge on any atom is -0.334 e. The maximum Gasteiger partial charge on any atom is 0.229 e. The average molecular weight is 347 g/mol. The van der Waals surface area contributed by atoms with E-state index in [2.05, 4.69) is 10.2 Å². The molecule has 128 valence electrons. The van der Waals surface area contributed by atoms with Gasteiger partial charge in [-0.1, -0.05) is 30.3 Å². The molecule has 1 atom stereocenters. The number of nitrogens with zero attached hydrogens (tertiary/aromatic N) is 2. The molecular formula is C17H21N3O3S. The van der Waals surface area contributed by atoms with Crippen LogP contribution >= 0.6 is 0 Å². The van der Waals surface area contributed by atoms with Crippen molar-refractivity contribution in [3.63, 3.8) is 0 Å². The van der Waals surface area contributed by atoms with Gasteiger partial charge >= 0.3 is 0 Å². The van der Waals surface area contributed by atoms with E-state index in [9.17, 15) is 13.2 Å². The Morgan fingerprint density at radius 1 is 1.33 bits per heavy atom. The second kappa shape index (κ2) is 6.76. The van der Waals surface area contributed by atoms with Crippen LogP contribution in [-0.4, -0.2) is 47.5 Å². The average Bonchev–Trinajstić information content (AvgIpc) is 2.87. The molecule has 1 saturated heterocycles. The highest BCUT2D eigenvalue weighted by Gasteiger charge is 2.32. The van der Waals surface area contributed by atoms with Gasteiger partial charge in [-0.3, -0.25) is 9.89 Å². The molecule has 1 aromatic carbocycles.